The Hall–Kier alpha value is -1.21. The third-order valence-electron chi connectivity index (χ3n) is 2.37. The maximum absolute atomic E-state index is 12.6. The van der Waals surface area contributed by atoms with Crippen LogP contribution >= 0.6 is 27.3 Å². The molecule has 1 aromatic carbocycles. The molecule has 0 aliphatic rings. The maximum atomic E-state index is 12.6. The van der Waals surface area contributed by atoms with Gasteiger partial charge in [0.05, 0.1) is 0 Å². The molecular weight excluding hydrogens is 343 g/mol. The summed E-state index contributed by atoms with van der Waals surface area (Å²) in [5.74, 6) is -0.145. The lowest BCUT2D eigenvalue weighted by Crippen LogP contribution is -2.06. The van der Waals surface area contributed by atoms with E-state index in [4.69, 9.17) is 0 Å². The average molecular weight is 350 g/mol. The lowest BCUT2D eigenvalue weighted by molar-refractivity contribution is -0.141. The molecule has 7 heteroatoms. The maximum Gasteiger partial charge on any atom is 0.435 e. The molecule has 0 bridgehead atoms. The predicted molar refractivity (Wildman–Crippen MR) is 70.3 cm³/mol. The Bertz CT molecular complexity index is 636. The monoisotopic (exact) mass is 349 g/mol. The summed E-state index contributed by atoms with van der Waals surface area (Å²) in [7, 11) is 0. The van der Waals surface area contributed by atoms with Crippen LogP contribution in [0, 0.1) is 0 Å². The number of thiazole rings is 1. The molecule has 0 atom stereocenters. The highest BCUT2D eigenvalue weighted by atomic mass is 79.9. The first-order chi connectivity index (χ1) is 8.79. The van der Waals surface area contributed by atoms with Crippen LogP contribution < -0.4 is 0 Å². The number of hydrogen-bond acceptors (Lipinski definition) is 3. The number of hydrogen-bond donors (Lipinski definition) is 0. The van der Waals surface area contributed by atoms with Crippen molar-refractivity contribution in [1.29, 1.82) is 0 Å². The third-order valence-corrected chi connectivity index (χ3v) is 4.12. The van der Waals surface area contributed by atoms with Crippen molar-refractivity contribution in [3.05, 3.63) is 39.3 Å². The second-order valence-corrected chi connectivity index (χ2v) is 6.09. The highest BCUT2D eigenvalue weighted by Gasteiger charge is 2.37. The minimum Gasteiger partial charge on any atom is -0.295 e. The van der Waals surface area contributed by atoms with Gasteiger partial charge in [-0.15, -0.1) is 11.3 Å². The highest BCUT2D eigenvalue weighted by molar-refractivity contribution is 9.11. The van der Waals surface area contributed by atoms with Crippen molar-refractivity contribution in [2.75, 3.05) is 0 Å². The molecule has 0 amide bonds. The SMILES string of the molecule is CC(=O)c1cccc(-c2nc(C(F)(F)F)c(Br)s2)c1. The molecule has 0 aliphatic carbocycles. The predicted octanol–water partition coefficient (Wildman–Crippen LogP) is 4.79. The second kappa shape index (κ2) is 5.05. The van der Waals surface area contributed by atoms with Gasteiger partial charge in [-0.2, -0.15) is 13.2 Å². The van der Waals surface area contributed by atoms with Gasteiger partial charge in [0, 0.05) is 11.1 Å². The summed E-state index contributed by atoms with van der Waals surface area (Å²) in [6, 6.07) is 6.39. The van der Waals surface area contributed by atoms with Gasteiger partial charge in [0.15, 0.2) is 11.5 Å². The molecule has 2 nitrogen and oxygen atoms in total. The number of Topliss-reactive ketones (excluding diaryl/α,β-unsaturated/α-hetero) is 1. The molecule has 0 saturated carbocycles. The minimum atomic E-state index is -4.49. The zero-order valence-corrected chi connectivity index (χ0v) is 12.0. The Morgan fingerprint density at radius 1 is 1.37 bits per heavy atom. The summed E-state index contributed by atoms with van der Waals surface area (Å²) in [5, 5.41) is 0.224. The van der Waals surface area contributed by atoms with Crippen LogP contribution in [-0.4, -0.2) is 10.8 Å². The number of benzene rings is 1. The highest BCUT2D eigenvalue weighted by Crippen LogP contribution is 2.40. The molecule has 0 unspecified atom stereocenters. The number of rotatable bonds is 2. The number of nitrogens with zero attached hydrogens (tertiary/aromatic N) is 1. The normalized spacial score (nSPS) is 11.6. The van der Waals surface area contributed by atoms with E-state index in [0.717, 1.165) is 11.3 Å². The van der Waals surface area contributed by atoms with Crippen molar-refractivity contribution in [2.45, 2.75) is 13.1 Å². The van der Waals surface area contributed by atoms with Gasteiger partial charge in [-0.25, -0.2) is 4.98 Å². The lowest BCUT2D eigenvalue weighted by atomic mass is 10.1. The van der Waals surface area contributed by atoms with Crippen molar-refractivity contribution in [1.82, 2.24) is 4.98 Å². The van der Waals surface area contributed by atoms with Crippen molar-refractivity contribution in [3.8, 4) is 10.6 Å². The summed E-state index contributed by atoms with van der Waals surface area (Å²) >= 11 is 3.76. The average Bonchev–Trinajstić information content (AvgIpc) is 2.71. The molecule has 19 heavy (non-hydrogen) atoms. The first-order valence-electron chi connectivity index (χ1n) is 5.14. The first-order valence-corrected chi connectivity index (χ1v) is 6.75. The molecule has 0 radical (unpaired) electrons. The summed E-state index contributed by atoms with van der Waals surface area (Å²) in [6.07, 6.45) is -4.49. The van der Waals surface area contributed by atoms with Crippen LogP contribution in [-0.2, 0) is 6.18 Å². The number of carbonyl (C=O) groups excluding carboxylic acids is 1. The third kappa shape index (κ3) is 3.03. The molecule has 0 N–H and O–H groups in total. The summed E-state index contributed by atoms with van der Waals surface area (Å²) in [4.78, 5) is 14.8. The van der Waals surface area contributed by atoms with Crippen LogP contribution in [0.4, 0.5) is 13.2 Å². The van der Waals surface area contributed by atoms with Crippen LogP contribution in [0.3, 0.4) is 0 Å². The van der Waals surface area contributed by atoms with Crippen molar-refractivity contribution in [3.63, 3.8) is 0 Å². The van der Waals surface area contributed by atoms with E-state index in [9.17, 15) is 18.0 Å². The van der Waals surface area contributed by atoms with E-state index in [0.29, 0.717) is 11.1 Å². The van der Waals surface area contributed by atoms with Gasteiger partial charge in [-0.3, -0.25) is 4.79 Å². The van der Waals surface area contributed by atoms with Crippen molar-refractivity contribution in [2.24, 2.45) is 0 Å². The fourth-order valence-electron chi connectivity index (χ4n) is 1.47. The van der Waals surface area contributed by atoms with E-state index >= 15 is 0 Å². The van der Waals surface area contributed by atoms with E-state index in [1.165, 1.54) is 13.0 Å². The van der Waals surface area contributed by atoms with Crippen LogP contribution in [0.2, 0.25) is 0 Å². The molecule has 0 aliphatic heterocycles. The van der Waals surface area contributed by atoms with Gasteiger partial charge in [0.25, 0.3) is 0 Å². The molecule has 100 valence electrons. The second-order valence-electron chi connectivity index (χ2n) is 3.78. The van der Waals surface area contributed by atoms with Crippen molar-refractivity contribution < 1.29 is 18.0 Å². The van der Waals surface area contributed by atoms with Crippen LogP contribution in [0.25, 0.3) is 10.6 Å². The molecule has 0 spiro atoms. The van der Waals surface area contributed by atoms with Gasteiger partial charge in [-0.05, 0) is 28.9 Å². The molecule has 0 fully saturated rings. The quantitative estimate of drug-likeness (QED) is 0.729. The van der Waals surface area contributed by atoms with Crippen LogP contribution in [0.15, 0.2) is 28.1 Å². The Morgan fingerprint density at radius 2 is 2.05 bits per heavy atom. The van der Waals surface area contributed by atoms with Gasteiger partial charge in [0.1, 0.15) is 8.79 Å². The molecular formula is C12H7BrF3NOS. The van der Waals surface area contributed by atoms with Gasteiger partial charge < -0.3 is 0 Å². The first kappa shape index (κ1) is 14.2. The fourth-order valence-corrected chi connectivity index (χ4v) is 3.05. The summed E-state index contributed by atoms with van der Waals surface area (Å²) < 4.78 is 37.9. The number of carbonyl (C=O) groups is 1. The number of alkyl halides is 3. The molecule has 0 saturated heterocycles. The smallest absolute Gasteiger partial charge is 0.295 e. The number of aromatic nitrogens is 1. The standard InChI is InChI=1S/C12H7BrF3NOS/c1-6(18)7-3-2-4-8(5-7)11-17-9(10(13)19-11)12(14,15)16/h2-5H,1H3. The van der Waals surface area contributed by atoms with Gasteiger partial charge in [0.2, 0.25) is 0 Å². The topological polar surface area (TPSA) is 30.0 Å². The van der Waals surface area contributed by atoms with Crippen LogP contribution in [0.1, 0.15) is 23.0 Å². The molecule has 1 heterocycles. The number of halogens is 4. The van der Waals surface area contributed by atoms with Crippen molar-refractivity contribution >= 4 is 33.0 Å². The van der Waals surface area contributed by atoms with E-state index in [1.807, 2.05) is 0 Å². The summed E-state index contributed by atoms with van der Waals surface area (Å²) in [5.41, 5.74) is -0.00740. The van der Waals surface area contributed by atoms with E-state index in [-0.39, 0.29) is 14.6 Å². The molecule has 2 aromatic rings. The number of ketones is 1. The zero-order chi connectivity index (χ0) is 14.2. The largest absolute Gasteiger partial charge is 0.435 e. The summed E-state index contributed by atoms with van der Waals surface area (Å²) in [6.45, 7) is 1.40. The van der Waals surface area contributed by atoms with Gasteiger partial charge in [-0.1, -0.05) is 18.2 Å². The van der Waals surface area contributed by atoms with E-state index in [1.54, 1.807) is 18.2 Å². The van der Waals surface area contributed by atoms with E-state index in [2.05, 4.69) is 20.9 Å². The lowest BCUT2D eigenvalue weighted by Gasteiger charge is -2.02. The fraction of sp³-hybridized carbons (Fsp3) is 0.167. The molecule has 2 rings (SSSR count). The zero-order valence-electron chi connectivity index (χ0n) is 9.58. The Balaban J connectivity index is 2.48. The Morgan fingerprint density at radius 3 is 2.58 bits per heavy atom. The Labute approximate surface area is 119 Å². The Kier molecular flexibility index (Phi) is 3.78. The molecule has 1 aromatic heterocycles. The van der Waals surface area contributed by atoms with E-state index < -0.39 is 11.9 Å². The van der Waals surface area contributed by atoms with Crippen LogP contribution in [0.5, 0.6) is 0 Å². The minimum absolute atomic E-state index is 0.0665. The van der Waals surface area contributed by atoms with Gasteiger partial charge >= 0.3 is 6.18 Å².